The van der Waals surface area contributed by atoms with Crippen LogP contribution in [0.5, 0.6) is 0 Å². The van der Waals surface area contributed by atoms with Gasteiger partial charge in [-0.2, -0.15) is 0 Å². The Morgan fingerprint density at radius 1 is 1.10 bits per heavy atom. The minimum atomic E-state index is -0.511. The van der Waals surface area contributed by atoms with E-state index in [4.69, 9.17) is 0 Å². The predicted molar refractivity (Wildman–Crippen MR) is 87.7 cm³/mol. The number of rotatable bonds is 2. The smallest absolute Gasteiger partial charge is 0.0998 e. The minimum absolute atomic E-state index is 0.0204. The van der Waals surface area contributed by atoms with Crippen LogP contribution in [0.25, 0.3) is 10.1 Å². The molecule has 3 heteroatoms. The fourth-order valence-corrected chi connectivity index (χ4v) is 4.22. The van der Waals surface area contributed by atoms with Gasteiger partial charge in [-0.3, -0.25) is 0 Å². The summed E-state index contributed by atoms with van der Waals surface area (Å²) in [6.07, 6.45) is 0.520. The number of aliphatic hydroxyl groups is 1. The van der Waals surface area contributed by atoms with Crippen molar-refractivity contribution in [2.75, 3.05) is 6.54 Å². The highest BCUT2D eigenvalue weighted by Crippen LogP contribution is 2.38. The molecule has 4 rings (SSSR count). The van der Waals surface area contributed by atoms with Gasteiger partial charge in [0.25, 0.3) is 0 Å². The summed E-state index contributed by atoms with van der Waals surface area (Å²) < 4.78 is 1.23. The first-order valence-electron chi connectivity index (χ1n) is 7.30. The molecular formula is C18H17NOS. The monoisotopic (exact) mass is 295 g/mol. The Labute approximate surface area is 128 Å². The molecule has 2 unspecified atom stereocenters. The van der Waals surface area contributed by atoms with Crippen molar-refractivity contribution in [1.82, 2.24) is 5.32 Å². The average molecular weight is 295 g/mol. The third-order valence-corrected chi connectivity index (χ3v) is 5.28. The molecule has 1 aromatic heterocycles. The van der Waals surface area contributed by atoms with Gasteiger partial charge in [-0.15, -0.1) is 11.3 Å². The van der Waals surface area contributed by atoms with Crippen LogP contribution >= 0.6 is 11.3 Å². The normalized spacial score (nSPS) is 19.4. The number of fused-ring (bicyclic) bond motifs is 2. The number of hydrogen-bond acceptors (Lipinski definition) is 3. The van der Waals surface area contributed by atoms with E-state index in [9.17, 15) is 5.11 Å². The van der Waals surface area contributed by atoms with Crippen molar-refractivity contribution in [3.63, 3.8) is 0 Å². The molecule has 0 saturated heterocycles. The van der Waals surface area contributed by atoms with E-state index < -0.39 is 6.10 Å². The van der Waals surface area contributed by atoms with Gasteiger partial charge in [0.15, 0.2) is 0 Å². The van der Waals surface area contributed by atoms with Crippen molar-refractivity contribution >= 4 is 21.4 Å². The molecule has 2 atom stereocenters. The molecule has 0 amide bonds. The highest BCUT2D eigenvalue weighted by Gasteiger charge is 2.28. The lowest BCUT2D eigenvalue weighted by atomic mass is 9.88. The molecule has 0 bridgehead atoms. The van der Waals surface area contributed by atoms with Crippen LogP contribution in [0, 0.1) is 0 Å². The molecule has 0 aliphatic carbocycles. The minimum Gasteiger partial charge on any atom is -0.386 e. The second-order valence-corrected chi connectivity index (χ2v) is 6.42. The lowest BCUT2D eigenvalue weighted by Crippen LogP contribution is -2.33. The molecule has 2 nitrogen and oxygen atoms in total. The van der Waals surface area contributed by atoms with Crippen LogP contribution < -0.4 is 5.32 Å². The van der Waals surface area contributed by atoms with E-state index in [0.29, 0.717) is 0 Å². The Bertz CT molecular complexity index is 779. The van der Waals surface area contributed by atoms with E-state index in [1.165, 1.54) is 21.2 Å². The van der Waals surface area contributed by atoms with Crippen LogP contribution in [0.2, 0.25) is 0 Å². The molecule has 2 aromatic carbocycles. The molecule has 0 spiro atoms. The molecule has 0 saturated carbocycles. The Morgan fingerprint density at radius 3 is 2.86 bits per heavy atom. The van der Waals surface area contributed by atoms with Crippen molar-refractivity contribution in [1.29, 1.82) is 0 Å². The Hall–Kier alpha value is -1.68. The molecule has 0 radical (unpaired) electrons. The lowest BCUT2D eigenvalue weighted by Gasteiger charge is -2.30. The lowest BCUT2D eigenvalue weighted by molar-refractivity contribution is 0.127. The van der Waals surface area contributed by atoms with E-state index in [-0.39, 0.29) is 6.04 Å². The second-order valence-electron chi connectivity index (χ2n) is 5.51. The van der Waals surface area contributed by atoms with Crippen molar-refractivity contribution < 1.29 is 5.11 Å². The van der Waals surface area contributed by atoms with E-state index >= 15 is 0 Å². The molecule has 21 heavy (non-hydrogen) atoms. The van der Waals surface area contributed by atoms with Crippen molar-refractivity contribution in [3.05, 3.63) is 70.6 Å². The van der Waals surface area contributed by atoms with E-state index in [2.05, 4.69) is 47.1 Å². The van der Waals surface area contributed by atoms with Crippen molar-refractivity contribution in [2.45, 2.75) is 18.6 Å². The third-order valence-electron chi connectivity index (χ3n) is 4.29. The highest BCUT2D eigenvalue weighted by atomic mass is 32.1. The predicted octanol–water partition coefficient (Wildman–Crippen LogP) is 3.82. The van der Waals surface area contributed by atoms with Crippen LogP contribution in [-0.4, -0.2) is 11.7 Å². The molecule has 2 N–H and O–H groups in total. The van der Waals surface area contributed by atoms with Gasteiger partial charge in [-0.05, 0) is 40.9 Å². The Morgan fingerprint density at radius 2 is 1.90 bits per heavy atom. The van der Waals surface area contributed by atoms with E-state index in [1.54, 1.807) is 11.3 Å². The first kappa shape index (κ1) is 13.0. The van der Waals surface area contributed by atoms with Crippen LogP contribution in [0.15, 0.2) is 53.9 Å². The first-order valence-corrected chi connectivity index (χ1v) is 8.18. The van der Waals surface area contributed by atoms with Crippen LogP contribution in [0.3, 0.4) is 0 Å². The SMILES string of the molecule is OC(c1csc2ccccc12)C1NCCc2ccccc21. The first-order chi connectivity index (χ1) is 10.3. The van der Waals surface area contributed by atoms with Crippen LogP contribution in [0.1, 0.15) is 28.8 Å². The summed E-state index contributed by atoms with van der Waals surface area (Å²) in [7, 11) is 0. The van der Waals surface area contributed by atoms with Gasteiger partial charge < -0.3 is 10.4 Å². The fourth-order valence-electron chi connectivity index (χ4n) is 3.23. The summed E-state index contributed by atoms with van der Waals surface area (Å²) in [4.78, 5) is 0. The van der Waals surface area contributed by atoms with Crippen molar-refractivity contribution in [2.24, 2.45) is 0 Å². The third kappa shape index (κ3) is 2.18. The van der Waals surface area contributed by atoms with Gasteiger partial charge in [-0.25, -0.2) is 0 Å². The van der Waals surface area contributed by atoms with Crippen LogP contribution in [-0.2, 0) is 6.42 Å². The largest absolute Gasteiger partial charge is 0.386 e. The zero-order valence-electron chi connectivity index (χ0n) is 11.6. The van der Waals surface area contributed by atoms with Gasteiger partial charge in [0.05, 0.1) is 12.1 Å². The standard InChI is InChI=1S/C18H17NOS/c20-18(15-11-21-16-8-4-3-7-14(15)16)17-13-6-2-1-5-12(13)9-10-19-17/h1-8,11,17-20H,9-10H2. The number of thiophene rings is 1. The topological polar surface area (TPSA) is 32.3 Å². The number of aliphatic hydroxyl groups excluding tert-OH is 1. The van der Waals surface area contributed by atoms with Gasteiger partial charge in [0, 0.05) is 10.3 Å². The average Bonchev–Trinajstić information content (AvgIpc) is 2.98. The maximum absolute atomic E-state index is 10.9. The van der Waals surface area contributed by atoms with Gasteiger partial charge >= 0.3 is 0 Å². The summed E-state index contributed by atoms with van der Waals surface area (Å²) in [6, 6.07) is 16.7. The summed E-state index contributed by atoms with van der Waals surface area (Å²) in [5.41, 5.74) is 3.61. The number of hydrogen-bond donors (Lipinski definition) is 2. The maximum Gasteiger partial charge on any atom is 0.0998 e. The summed E-state index contributed by atoms with van der Waals surface area (Å²) >= 11 is 1.70. The van der Waals surface area contributed by atoms with Crippen molar-refractivity contribution in [3.8, 4) is 0 Å². The number of benzene rings is 2. The molecule has 2 heterocycles. The molecular weight excluding hydrogens is 278 g/mol. The summed E-state index contributed by atoms with van der Waals surface area (Å²) in [5, 5.41) is 17.7. The molecule has 1 aliphatic rings. The van der Waals surface area contributed by atoms with E-state index in [0.717, 1.165) is 18.5 Å². The van der Waals surface area contributed by atoms with E-state index in [1.807, 2.05) is 12.1 Å². The van der Waals surface area contributed by atoms with Crippen LogP contribution in [0.4, 0.5) is 0 Å². The Balaban J connectivity index is 1.77. The second kappa shape index (κ2) is 5.26. The summed E-state index contributed by atoms with van der Waals surface area (Å²) in [5.74, 6) is 0. The zero-order chi connectivity index (χ0) is 14.2. The molecule has 1 aliphatic heterocycles. The molecule has 0 fully saturated rings. The summed E-state index contributed by atoms with van der Waals surface area (Å²) in [6.45, 7) is 0.917. The highest BCUT2D eigenvalue weighted by molar-refractivity contribution is 7.17. The quantitative estimate of drug-likeness (QED) is 0.753. The van der Waals surface area contributed by atoms with Gasteiger partial charge in [-0.1, -0.05) is 42.5 Å². The fraction of sp³-hybridized carbons (Fsp3) is 0.222. The molecule has 106 valence electrons. The van der Waals surface area contributed by atoms with Gasteiger partial charge in [0.2, 0.25) is 0 Å². The van der Waals surface area contributed by atoms with Gasteiger partial charge in [0.1, 0.15) is 0 Å². The number of nitrogens with one attached hydrogen (secondary N) is 1. The zero-order valence-corrected chi connectivity index (χ0v) is 12.4. The molecule has 3 aromatic rings. The Kier molecular flexibility index (Phi) is 3.26. The maximum atomic E-state index is 10.9.